The summed E-state index contributed by atoms with van der Waals surface area (Å²) in [5.41, 5.74) is -1.46. The molecule has 0 unspecified atom stereocenters. The van der Waals surface area contributed by atoms with Gasteiger partial charge in [0.2, 0.25) is 0 Å². The number of pyridine rings is 1. The average molecular weight is 358 g/mol. The lowest BCUT2D eigenvalue weighted by atomic mass is 9.76. The summed E-state index contributed by atoms with van der Waals surface area (Å²) in [7, 11) is -1.02. The van der Waals surface area contributed by atoms with Crippen molar-refractivity contribution in [3.05, 3.63) is 34.7 Å². The molecule has 0 aliphatic carbocycles. The first-order chi connectivity index (χ1) is 11.0. The first-order valence-electron chi connectivity index (χ1n) is 7.46. The molecule has 0 N–H and O–H groups in total. The van der Waals surface area contributed by atoms with Crippen LogP contribution in [0.4, 0.5) is 13.2 Å². The molecule has 128 valence electrons. The Hall–Kier alpha value is -1.31. The summed E-state index contributed by atoms with van der Waals surface area (Å²) < 4.78 is 52.5. The number of halogens is 4. The van der Waals surface area contributed by atoms with Gasteiger partial charge in [0.25, 0.3) is 6.43 Å². The monoisotopic (exact) mass is 357 g/mol. The van der Waals surface area contributed by atoms with Gasteiger partial charge in [0.1, 0.15) is 11.0 Å². The summed E-state index contributed by atoms with van der Waals surface area (Å²) in [6.45, 7) is 7.32. The summed E-state index contributed by atoms with van der Waals surface area (Å²) >= 11 is 5.79. The Morgan fingerprint density at radius 1 is 1.12 bits per heavy atom. The maximum atomic E-state index is 14.5. The second kappa shape index (κ2) is 5.61. The first-order valence-corrected chi connectivity index (χ1v) is 7.83. The Bertz CT molecular complexity index is 797. The van der Waals surface area contributed by atoms with Crippen LogP contribution in [0.25, 0.3) is 10.9 Å². The Balaban J connectivity index is 2.21. The van der Waals surface area contributed by atoms with Gasteiger partial charge in [0, 0.05) is 10.8 Å². The average Bonchev–Trinajstić information content (AvgIpc) is 2.66. The third-order valence-electron chi connectivity index (χ3n) is 4.69. The van der Waals surface area contributed by atoms with E-state index < -0.39 is 36.1 Å². The Morgan fingerprint density at radius 2 is 1.71 bits per heavy atom. The highest BCUT2D eigenvalue weighted by Crippen LogP contribution is 2.37. The third-order valence-corrected chi connectivity index (χ3v) is 4.99. The molecule has 2 aromatic rings. The molecule has 1 aromatic heterocycles. The van der Waals surface area contributed by atoms with E-state index in [9.17, 15) is 13.2 Å². The summed E-state index contributed by atoms with van der Waals surface area (Å²) in [4.78, 5) is 3.95. The molecule has 2 heterocycles. The maximum Gasteiger partial charge on any atom is 0.498 e. The number of hydrogen-bond donors (Lipinski definition) is 0. The molecule has 0 radical (unpaired) electrons. The summed E-state index contributed by atoms with van der Waals surface area (Å²) in [5, 5.41) is -0.0998. The molecule has 0 bridgehead atoms. The van der Waals surface area contributed by atoms with Crippen molar-refractivity contribution < 1.29 is 22.5 Å². The Morgan fingerprint density at radius 3 is 2.25 bits per heavy atom. The molecule has 0 saturated carbocycles. The van der Waals surface area contributed by atoms with E-state index in [4.69, 9.17) is 20.9 Å². The predicted octanol–water partition coefficient (Wildman–Crippen LogP) is 4.26. The van der Waals surface area contributed by atoms with E-state index in [-0.39, 0.29) is 16.0 Å². The van der Waals surface area contributed by atoms with Crippen LogP contribution in [0.1, 0.15) is 39.7 Å². The van der Waals surface area contributed by atoms with Crippen molar-refractivity contribution in [2.24, 2.45) is 0 Å². The molecule has 1 aliphatic rings. The van der Waals surface area contributed by atoms with E-state index >= 15 is 0 Å². The normalized spacial score (nSPS) is 19.5. The topological polar surface area (TPSA) is 31.4 Å². The summed E-state index contributed by atoms with van der Waals surface area (Å²) in [5.74, 6) is -0.606. The SMILES string of the molecule is CC1(C)OB(c2c(F)ccc3nc(Cl)c(C(F)F)cc23)OC1(C)C. The molecule has 1 aliphatic heterocycles. The highest BCUT2D eigenvalue weighted by atomic mass is 35.5. The van der Waals surface area contributed by atoms with Crippen molar-refractivity contribution in [1.29, 1.82) is 0 Å². The Kier molecular flexibility index (Phi) is 4.09. The quantitative estimate of drug-likeness (QED) is 0.594. The number of rotatable bonds is 2. The molecule has 3 rings (SSSR count). The highest BCUT2D eigenvalue weighted by molar-refractivity contribution is 6.65. The lowest BCUT2D eigenvalue weighted by Gasteiger charge is -2.32. The number of hydrogen-bond acceptors (Lipinski definition) is 3. The van der Waals surface area contributed by atoms with Gasteiger partial charge in [-0.1, -0.05) is 11.6 Å². The predicted molar refractivity (Wildman–Crippen MR) is 87.4 cm³/mol. The van der Waals surface area contributed by atoms with E-state index in [0.717, 1.165) is 6.07 Å². The molecule has 1 saturated heterocycles. The summed E-state index contributed by atoms with van der Waals surface area (Å²) in [6, 6.07) is 3.74. The fourth-order valence-electron chi connectivity index (χ4n) is 2.59. The van der Waals surface area contributed by atoms with E-state index in [1.54, 1.807) is 0 Å². The molecular weight excluding hydrogens is 341 g/mol. The van der Waals surface area contributed by atoms with Crippen LogP contribution in [0.15, 0.2) is 18.2 Å². The number of nitrogens with zero attached hydrogens (tertiary/aromatic N) is 1. The van der Waals surface area contributed by atoms with Crippen molar-refractivity contribution in [3.63, 3.8) is 0 Å². The fourth-order valence-corrected chi connectivity index (χ4v) is 2.81. The van der Waals surface area contributed by atoms with Crippen molar-refractivity contribution >= 4 is 35.1 Å². The van der Waals surface area contributed by atoms with Gasteiger partial charge in [0.05, 0.1) is 22.3 Å². The van der Waals surface area contributed by atoms with Crippen LogP contribution in [0.3, 0.4) is 0 Å². The van der Waals surface area contributed by atoms with E-state index in [0.29, 0.717) is 5.52 Å². The minimum atomic E-state index is -2.82. The van der Waals surface area contributed by atoms with Crippen molar-refractivity contribution in [3.8, 4) is 0 Å². The largest absolute Gasteiger partial charge is 0.498 e. The molecule has 8 heteroatoms. The molecule has 0 spiro atoms. The maximum absolute atomic E-state index is 14.5. The minimum absolute atomic E-state index is 0.0530. The number of fused-ring (bicyclic) bond motifs is 1. The van der Waals surface area contributed by atoms with Crippen LogP contribution in [0, 0.1) is 5.82 Å². The molecule has 0 atom stereocenters. The second-order valence-electron chi connectivity index (χ2n) is 6.79. The molecule has 0 amide bonds. The molecular formula is C16H16BClF3NO2. The summed E-state index contributed by atoms with van der Waals surface area (Å²) in [6.07, 6.45) is -2.82. The molecule has 24 heavy (non-hydrogen) atoms. The first kappa shape index (κ1) is 17.5. The highest BCUT2D eigenvalue weighted by Gasteiger charge is 2.53. The minimum Gasteiger partial charge on any atom is -0.399 e. The molecule has 1 fully saturated rings. The van der Waals surface area contributed by atoms with Crippen LogP contribution < -0.4 is 5.46 Å². The Labute approximate surface area is 143 Å². The van der Waals surface area contributed by atoms with Crippen LogP contribution in [-0.4, -0.2) is 23.3 Å². The fraction of sp³-hybridized carbons (Fsp3) is 0.438. The van der Waals surface area contributed by atoms with E-state index in [1.165, 1.54) is 12.1 Å². The van der Waals surface area contributed by atoms with Gasteiger partial charge in [-0.3, -0.25) is 0 Å². The lowest BCUT2D eigenvalue weighted by molar-refractivity contribution is 0.00578. The van der Waals surface area contributed by atoms with Crippen LogP contribution in [0.2, 0.25) is 5.15 Å². The standard InChI is InChI=1S/C16H16BClF3NO2/c1-15(2)16(3,4)24-17(23-15)12-8-7-9(14(20)21)13(18)22-11(8)6-5-10(12)19/h5-7,14H,1-4H3. The molecule has 3 nitrogen and oxygen atoms in total. The third kappa shape index (κ3) is 2.68. The zero-order valence-electron chi connectivity index (χ0n) is 13.7. The van der Waals surface area contributed by atoms with Crippen molar-refractivity contribution in [1.82, 2.24) is 4.98 Å². The van der Waals surface area contributed by atoms with Gasteiger partial charge < -0.3 is 9.31 Å². The van der Waals surface area contributed by atoms with Crippen LogP contribution in [-0.2, 0) is 9.31 Å². The van der Waals surface area contributed by atoms with E-state index in [2.05, 4.69) is 4.98 Å². The second-order valence-corrected chi connectivity index (χ2v) is 7.14. The van der Waals surface area contributed by atoms with Gasteiger partial charge in [-0.2, -0.15) is 0 Å². The smallest absolute Gasteiger partial charge is 0.399 e. The van der Waals surface area contributed by atoms with Gasteiger partial charge in [-0.15, -0.1) is 0 Å². The van der Waals surface area contributed by atoms with Crippen LogP contribution >= 0.6 is 11.6 Å². The lowest BCUT2D eigenvalue weighted by Crippen LogP contribution is -2.41. The van der Waals surface area contributed by atoms with Gasteiger partial charge >= 0.3 is 7.12 Å². The van der Waals surface area contributed by atoms with Gasteiger partial charge in [0.15, 0.2) is 0 Å². The number of benzene rings is 1. The van der Waals surface area contributed by atoms with Crippen molar-refractivity contribution in [2.45, 2.75) is 45.3 Å². The van der Waals surface area contributed by atoms with E-state index in [1.807, 2.05) is 27.7 Å². The van der Waals surface area contributed by atoms with Crippen LogP contribution in [0.5, 0.6) is 0 Å². The number of aromatic nitrogens is 1. The number of alkyl halides is 2. The zero-order chi connectivity index (χ0) is 17.9. The van der Waals surface area contributed by atoms with Crippen molar-refractivity contribution in [2.75, 3.05) is 0 Å². The van der Waals surface area contributed by atoms with Gasteiger partial charge in [-0.25, -0.2) is 18.2 Å². The zero-order valence-corrected chi connectivity index (χ0v) is 14.4. The van der Waals surface area contributed by atoms with Gasteiger partial charge in [-0.05, 0) is 45.9 Å². The molecule has 1 aromatic carbocycles.